The third-order valence-electron chi connectivity index (χ3n) is 4.15. The summed E-state index contributed by atoms with van der Waals surface area (Å²) in [6.07, 6.45) is 4.96. The molecule has 5 nitrogen and oxygen atoms in total. The Morgan fingerprint density at radius 1 is 1.17 bits per heavy atom. The van der Waals surface area contributed by atoms with Gasteiger partial charge in [0.15, 0.2) is 5.76 Å². The van der Waals surface area contributed by atoms with E-state index in [0.717, 1.165) is 35.1 Å². The summed E-state index contributed by atoms with van der Waals surface area (Å²) in [5.74, 6) is 2.77. The second-order valence-corrected chi connectivity index (χ2v) is 6.19. The van der Waals surface area contributed by atoms with E-state index in [1.165, 1.54) is 12.8 Å². The van der Waals surface area contributed by atoms with Crippen molar-refractivity contribution in [2.45, 2.75) is 19.3 Å². The molecule has 2 aromatic heterocycles. The molecule has 1 fully saturated rings. The van der Waals surface area contributed by atoms with E-state index in [2.05, 4.69) is 22.3 Å². The van der Waals surface area contributed by atoms with Crippen LogP contribution in [0.25, 0.3) is 11.3 Å². The van der Waals surface area contributed by atoms with Crippen molar-refractivity contribution in [3.63, 3.8) is 0 Å². The minimum atomic E-state index is 0.442. The van der Waals surface area contributed by atoms with Gasteiger partial charge in [0.1, 0.15) is 11.6 Å². The third-order valence-corrected chi connectivity index (χ3v) is 4.15. The molecule has 122 valence electrons. The maximum Gasteiger partial charge on any atom is 0.170 e. The molecule has 1 aliphatic carbocycles. The lowest BCUT2D eigenvalue weighted by molar-refractivity contribution is 0.299. The lowest BCUT2D eigenvalue weighted by Gasteiger charge is -2.05. The molecule has 5 heteroatoms. The van der Waals surface area contributed by atoms with Gasteiger partial charge in [0.05, 0.1) is 17.9 Å². The van der Waals surface area contributed by atoms with Crippen LogP contribution in [0.2, 0.25) is 0 Å². The van der Waals surface area contributed by atoms with Crippen molar-refractivity contribution in [3.8, 4) is 17.1 Å². The van der Waals surface area contributed by atoms with Gasteiger partial charge in [-0.2, -0.15) is 0 Å². The van der Waals surface area contributed by atoms with Crippen LogP contribution in [0.15, 0.2) is 53.2 Å². The zero-order valence-electron chi connectivity index (χ0n) is 13.3. The molecular formula is C19H19N3O2. The van der Waals surface area contributed by atoms with Crippen molar-refractivity contribution >= 4 is 5.82 Å². The lowest BCUT2D eigenvalue weighted by Crippen LogP contribution is -1.98. The van der Waals surface area contributed by atoms with Crippen LogP contribution in [0.4, 0.5) is 5.82 Å². The van der Waals surface area contributed by atoms with Crippen molar-refractivity contribution in [2.75, 3.05) is 12.3 Å². The van der Waals surface area contributed by atoms with Gasteiger partial charge in [-0.3, -0.25) is 0 Å². The van der Waals surface area contributed by atoms with E-state index < -0.39 is 0 Å². The van der Waals surface area contributed by atoms with Crippen LogP contribution in [0.1, 0.15) is 24.1 Å². The zero-order valence-corrected chi connectivity index (χ0v) is 13.3. The smallest absolute Gasteiger partial charge is 0.170 e. The van der Waals surface area contributed by atoms with Crippen LogP contribution < -0.4 is 10.5 Å². The van der Waals surface area contributed by atoms with Crippen molar-refractivity contribution in [1.82, 2.24) is 10.1 Å². The maximum absolute atomic E-state index is 5.87. The Bertz CT molecular complexity index is 823. The molecule has 4 rings (SSSR count). The molecule has 1 aliphatic rings. The standard InChI is InChI=1S/C19H19N3O2/c20-19-17(2-1-9-21-19)18-11-15(22-24-18)10-13-5-7-16(8-6-13)23-12-14-3-4-14/h1-2,5-9,11,14H,3-4,10,12H2,(H2,20,21). The summed E-state index contributed by atoms with van der Waals surface area (Å²) in [5.41, 5.74) is 8.66. The van der Waals surface area contributed by atoms with Gasteiger partial charge in [0, 0.05) is 18.7 Å². The van der Waals surface area contributed by atoms with Gasteiger partial charge in [0.25, 0.3) is 0 Å². The second kappa shape index (κ2) is 6.35. The fraction of sp³-hybridized carbons (Fsp3) is 0.263. The topological polar surface area (TPSA) is 74.2 Å². The number of nitrogen functional groups attached to an aromatic ring is 1. The highest BCUT2D eigenvalue weighted by Gasteiger charge is 2.21. The van der Waals surface area contributed by atoms with Crippen LogP contribution in [0.5, 0.6) is 5.75 Å². The first-order valence-corrected chi connectivity index (χ1v) is 8.16. The Kier molecular flexibility index (Phi) is 3.91. The average Bonchev–Trinajstić information content (AvgIpc) is 3.33. The van der Waals surface area contributed by atoms with Crippen LogP contribution in [-0.2, 0) is 6.42 Å². The molecule has 0 atom stereocenters. The molecule has 0 aliphatic heterocycles. The number of nitrogens with two attached hydrogens (primary N) is 1. The molecule has 0 bridgehead atoms. The van der Waals surface area contributed by atoms with Crippen molar-refractivity contribution < 1.29 is 9.26 Å². The van der Waals surface area contributed by atoms with Gasteiger partial charge in [-0.05, 0) is 48.6 Å². The molecule has 2 heterocycles. The van der Waals surface area contributed by atoms with Crippen molar-refractivity contribution in [2.24, 2.45) is 5.92 Å². The summed E-state index contributed by atoms with van der Waals surface area (Å²) < 4.78 is 11.2. The van der Waals surface area contributed by atoms with E-state index in [1.807, 2.05) is 30.3 Å². The normalized spacial score (nSPS) is 13.8. The highest BCUT2D eigenvalue weighted by molar-refractivity contribution is 5.69. The largest absolute Gasteiger partial charge is 0.493 e. The summed E-state index contributed by atoms with van der Waals surface area (Å²) in [7, 11) is 0. The molecule has 1 aromatic carbocycles. The highest BCUT2D eigenvalue weighted by Crippen LogP contribution is 2.30. The van der Waals surface area contributed by atoms with Gasteiger partial charge >= 0.3 is 0 Å². The molecule has 0 amide bonds. The van der Waals surface area contributed by atoms with E-state index in [0.29, 0.717) is 18.0 Å². The van der Waals surface area contributed by atoms with Gasteiger partial charge in [-0.25, -0.2) is 4.98 Å². The van der Waals surface area contributed by atoms with E-state index in [9.17, 15) is 0 Å². The number of benzene rings is 1. The molecule has 0 saturated heterocycles. The zero-order chi connectivity index (χ0) is 16.4. The number of nitrogens with zero attached hydrogens (tertiary/aromatic N) is 2. The van der Waals surface area contributed by atoms with Crippen LogP contribution in [-0.4, -0.2) is 16.7 Å². The Labute approximate surface area is 140 Å². The Hall–Kier alpha value is -2.82. The molecule has 1 saturated carbocycles. The molecule has 0 spiro atoms. The van der Waals surface area contributed by atoms with Crippen molar-refractivity contribution in [3.05, 3.63) is 59.9 Å². The lowest BCUT2D eigenvalue weighted by atomic mass is 10.1. The number of rotatable bonds is 6. The van der Waals surface area contributed by atoms with E-state index in [4.69, 9.17) is 15.0 Å². The van der Waals surface area contributed by atoms with Gasteiger partial charge < -0.3 is 15.0 Å². The monoisotopic (exact) mass is 321 g/mol. The fourth-order valence-electron chi connectivity index (χ4n) is 2.56. The SMILES string of the molecule is Nc1ncccc1-c1cc(Cc2ccc(OCC3CC3)cc2)no1. The van der Waals surface area contributed by atoms with E-state index >= 15 is 0 Å². The fourth-order valence-corrected chi connectivity index (χ4v) is 2.56. The Balaban J connectivity index is 1.42. The summed E-state index contributed by atoms with van der Waals surface area (Å²) in [6, 6.07) is 13.8. The summed E-state index contributed by atoms with van der Waals surface area (Å²) >= 11 is 0. The van der Waals surface area contributed by atoms with Gasteiger partial charge in [-0.15, -0.1) is 0 Å². The van der Waals surface area contributed by atoms with E-state index in [-0.39, 0.29) is 0 Å². The number of aromatic nitrogens is 2. The molecule has 0 radical (unpaired) electrons. The Morgan fingerprint density at radius 3 is 2.75 bits per heavy atom. The summed E-state index contributed by atoms with van der Waals surface area (Å²) in [4.78, 5) is 4.07. The molecule has 2 N–H and O–H groups in total. The number of ether oxygens (including phenoxy) is 1. The first-order valence-electron chi connectivity index (χ1n) is 8.16. The summed E-state index contributed by atoms with van der Waals surface area (Å²) in [6.45, 7) is 0.832. The quantitative estimate of drug-likeness (QED) is 0.749. The number of pyridine rings is 1. The third kappa shape index (κ3) is 3.40. The van der Waals surface area contributed by atoms with Crippen LogP contribution in [0, 0.1) is 5.92 Å². The van der Waals surface area contributed by atoms with Crippen LogP contribution >= 0.6 is 0 Å². The minimum absolute atomic E-state index is 0.442. The Morgan fingerprint density at radius 2 is 2.00 bits per heavy atom. The first-order chi connectivity index (χ1) is 11.8. The van der Waals surface area contributed by atoms with Crippen molar-refractivity contribution in [1.29, 1.82) is 0 Å². The second-order valence-electron chi connectivity index (χ2n) is 6.19. The van der Waals surface area contributed by atoms with Gasteiger partial charge in [-0.1, -0.05) is 17.3 Å². The molecular weight excluding hydrogens is 302 g/mol. The molecule has 0 unspecified atom stereocenters. The number of anilines is 1. The minimum Gasteiger partial charge on any atom is -0.493 e. The predicted molar refractivity (Wildman–Crippen MR) is 91.6 cm³/mol. The van der Waals surface area contributed by atoms with Gasteiger partial charge in [0.2, 0.25) is 0 Å². The first kappa shape index (κ1) is 14.8. The molecule has 3 aromatic rings. The predicted octanol–water partition coefficient (Wildman–Crippen LogP) is 3.70. The maximum atomic E-state index is 5.87. The van der Waals surface area contributed by atoms with Crippen LogP contribution in [0.3, 0.4) is 0 Å². The number of hydrogen-bond acceptors (Lipinski definition) is 5. The summed E-state index contributed by atoms with van der Waals surface area (Å²) in [5, 5.41) is 4.13. The highest BCUT2D eigenvalue weighted by atomic mass is 16.5. The average molecular weight is 321 g/mol. The number of hydrogen-bond donors (Lipinski definition) is 1. The molecule has 24 heavy (non-hydrogen) atoms. The van der Waals surface area contributed by atoms with E-state index in [1.54, 1.807) is 6.20 Å².